The Morgan fingerprint density at radius 1 is 1.28 bits per heavy atom. The zero-order chi connectivity index (χ0) is 14.2. The normalized spacial score (nSPS) is 12.3. The van der Waals surface area contributed by atoms with Gasteiger partial charge in [-0.2, -0.15) is 0 Å². The van der Waals surface area contributed by atoms with Crippen LogP contribution in [0.15, 0.2) is 12.7 Å². The first-order valence-electron chi connectivity index (χ1n) is 5.88. The maximum absolute atomic E-state index is 10.9. The Labute approximate surface area is 110 Å². The number of ether oxygens (including phenoxy) is 1. The van der Waals surface area contributed by atoms with Gasteiger partial charge in [0.05, 0.1) is 12.2 Å². The SMILES string of the molecule is C=CC(=O)OCCC[Si](OC)(OC)OC(C)(C)C. The van der Waals surface area contributed by atoms with Gasteiger partial charge in [-0.1, -0.05) is 6.58 Å². The van der Waals surface area contributed by atoms with E-state index < -0.39 is 14.8 Å². The van der Waals surface area contributed by atoms with Crippen LogP contribution in [0.2, 0.25) is 6.04 Å². The zero-order valence-electron chi connectivity index (χ0n) is 11.9. The van der Waals surface area contributed by atoms with Gasteiger partial charge in [0.25, 0.3) is 0 Å². The van der Waals surface area contributed by atoms with E-state index in [0.717, 1.165) is 6.08 Å². The molecule has 0 aliphatic heterocycles. The van der Waals surface area contributed by atoms with Gasteiger partial charge in [-0.05, 0) is 27.2 Å². The van der Waals surface area contributed by atoms with Crippen molar-refractivity contribution in [2.75, 3.05) is 20.8 Å². The van der Waals surface area contributed by atoms with Crippen LogP contribution in [0.1, 0.15) is 27.2 Å². The second-order valence-corrected chi connectivity index (χ2v) is 7.67. The second kappa shape index (κ2) is 7.68. The Morgan fingerprint density at radius 2 is 1.83 bits per heavy atom. The molecular weight excluding hydrogens is 252 g/mol. The summed E-state index contributed by atoms with van der Waals surface area (Å²) in [6, 6.07) is 0.599. The first kappa shape index (κ1) is 17.3. The maximum atomic E-state index is 10.9. The van der Waals surface area contributed by atoms with Crippen LogP contribution in [-0.2, 0) is 22.8 Å². The van der Waals surface area contributed by atoms with Gasteiger partial charge in [-0.15, -0.1) is 0 Å². The summed E-state index contributed by atoms with van der Waals surface area (Å²) < 4.78 is 21.7. The van der Waals surface area contributed by atoms with Gasteiger partial charge in [0, 0.05) is 26.3 Å². The molecule has 106 valence electrons. The average Bonchev–Trinajstić information content (AvgIpc) is 2.31. The Hall–Kier alpha value is -0.693. The molecule has 0 aromatic heterocycles. The summed E-state index contributed by atoms with van der Waals surface area (Å²) in [4.78, 5) is 10.9. The van der Waals surface area contributed by atoms with Gasteiger partial charge in [-0.3, -0.25) is 0 Å². The average molecular weight is 276 g/mol. The molecule has 0 rings (SSSR count). The molecule has 0 bridgehead atoms. The third-order valence-corrected chi connectivity index (χ3v) is 5.26. The van der Waals surface area contributed by atoms with E-state index in [9.17, 15) is 4.79 Å². The molecule has 0 aromatic carbocycles. The highest BCUT2D eigenvalue weighted by Gasteiger charge is 2.42. The molecule has 0 N–H and O–H groups in total. The molecule has 0 aliphatic carbocycles. The molecule has 0 aromatic rings. The van der Waals surface area contributed by atoms with Crippen molar-refractivity contribution >= 4 is 14.8 Å². The summed E-state index contributed by atoms with van der Waals surface area (Å²) >= 11 is 0. The van der Waals surface area contributed by atoms with E-state index in [0.29, 0.717) is 19.1 Å². The van der Waals surface area contributed by atoms with Gasteiger partial charge < -0.3 is 18.0 Å². The predicted molar refractivity (Wildman–Crippen MR) is 71.2 cm³/mol. The van der Waals surface area contributed by atoms with Crippen LogP contribution in [0.25, 0.3) is 0 Å². The molecule has 0 spiro atoms. The molecule has 0 saturated carbocycles. The van der Waals surface area contributed by atoms with Gasteiger partial charge in [-0.25, -0.2) is 4.79 Å². The number of carbonyl (C=O) groups excluding carboxylic acids is 1. The molecule has 0 fully saturated rings. The summed E-state index contributed by atoms with van der Waals surface area (Å²) in [6.45, 7) is 9.48. The molecule has 18 heavy (non-hydrogen) atoms. The lowest BCUT2D eigenvalue weighted by Gasteiger charge is -2.33. The van der Waals surface area contributed by atoms with Crippen molar-refractivity contribution < 1.29 is 22.8 Å². The molecule has 5 nitrogen and oxygen atoms in total. The topological polar surface area (TPSA) is 54.0 Å². The molecule has 6 heteroatoms. The van der Waals surface area contributed by atoms with Crippen molar-refractivity contribution in [1.82, 2.24) is 0 Å². The van der Waals surface area contributed by atoms with Gasteiger partial charge in [0.2, 0.25) is 0 Å². The van der Waals surface area contributed by atoms with Crippen LogP contribution in [0.4, 0.5) is 0 Å². The summed E-state index contributed by atoms with van der Waals surface area (Å²) in [5.41, 5.74) is -0.337. The fourth-order valence-corrected chi connectivity index (χ4v) is 3.76. The third kappa shape index (κ3) is 6.90. The van der Waals surface area contributed by atoms with E-state index in [2.05, 4.69) is 6.58 Å². The highest BCUT2D eigenvalue weighted by molar-refractivity contribution is 6.60. The van der Waals surface area contributed by atoms with E-state index >= 15 is 0 Å². The van der Waals surface area contributed by atoms with Crippen LogP contribution in [0.5, 0.6) is 0 Å². The smallest absolute Gasteiger partial charge is 0.463 e. The lowest BCUT2D eigenvalue weighted by molar-refractivity contribution is -0.137. The van der Waals surface area contributed by atoms with Crippen molar-refractivity contribution in [3.8, 4) is 0 Å². The summed E-state index contributed by atoms with van der Waals surface area (Å²) in [5.74, 6) is -0.422. The van der Waals surface area contributed by atoms with Crippen LogP contribution in [-0.4, -0.2) is 41.2 Å². The zero-order valence-corrected chi connectivity index (χ0v) is 12.9. The van der Waals surface area contributed by atoms with Crippen molar-refractivity contribution in [2.24, 2.45) is 0 Å². The standard InChI is InChI=1S/C12H24O5Si/c1-7-11(13)16-9-8-10-18(14-5,15-6)17-12(2,3)4/h7H,1,8-10H2,2-6H3. The molecule has 0 radical (unpaired) electrons. The minimum absolute atomic E-state index is 0.305. The lowest BCUT2D eigenvalue weighted by atomic mass is 10.2. The monoisotopic (exact) mass is 276 g/mol. The molecule has 0 heterocycles. The number of carbonyl (C=O) groups is 1. The quantitative estimate of drug-likeness (QED) is 0.294. The number of esters is 1. The molecule has 0 saturated heterocycles. The molecule has 0 atom stereocenters. The second-order valence-electron chi connectivity index (χ2n) is 4.78. The van der Waals surface area contributed by atoms with Crippen LogP contribution in [0.3, 0.4) is 0 Å². The molecule has 0 aliphatic rings. The minimum atomic E-state index is -2.68. The van der Waals surface area contributed by atoms with E-state index in [-0.39, 0.29) is 5.60 Å². The third-order valence-electron chi connectivity index (χ3n) is 2.12. The summed E-state index contributed by atoms with van der Waals surface area (Å²) in [6.07, 6.45) is 1.77. The predicted octanol–water partition coefficient (Wildman–Crippen LogP) is 2.15. The van der Waals surface area contributed by atoms with Gasteiger partial charge >= 0.3 is 14.8 Å². The van der Waals surface area contributed by atoms with Crippen LogP contribution >= 0.6 is 0 Å². The van der Waals surface area contributed by atoms with Crippen molar-refractivity contribution in [2.45, 2.75) is 38.8 Å². The fourth-order valence-electron chi connectivity index (χ4n) is 1.41. The Kier molecular flexibility index (Phi) is 7.38. The number of rotatable bonds is 8. The van der Waals surface area contributed by atoms with Crippen molar-refractivity contribution in [3.63, 3.8) is 0 Å². The van der Waals surface area contributed by atoms with Gasteiger partial charge in [0.1, 0.15) is 0 Å². The summed E-state index contributed by atoms with van der Waals surface area (Å²) in [7, 11) is 0.483. The molecule has 0 amide bonds. The number of hydrogen-bond donors (Lipinski definition) is 0. The van der Waals surface area contributed by atoms with Crippen molar-refractivity contribution in [1.29, 1.82) is 0 Å². The first-order valence-corrected chi connectivity index (χ1v) is 7.81. The highest BCUT2D eigenvalue weighted by atomic mass is 28.4. The van der Waals surface area contributed by atoms with E-state index in [1.807, 2.05) is 20.8 Å². The van der Waals surface area contributed by atoms with Gasteiger partial charge in [0.15, 0.2) is 0 Å². The Morgan fingerprint density at radius 3 is 2.22 bits per heavy atom. The Balaban J connectivity index is 4.27. The fraction of sp³-hybridized carbons (Fsp3) is 0.750. The largest absolute Gasteiger partial charge is 0.500 e. The highest BCUT2D eigenvalue weighted by Crippen LogP contribution is 2.23. The van der Waals surface area contributed by atoms with Crippen LogP contribution in [0, 0.1) is 0 Å². The maximum Gasteiger partial charge on any atom is 0.500 e. The van der Waals surface area contributed by atoms with E-state index in [1.165, 1.54) is 0 Å². The number of hydrogen-bond acceptors (Lipinski definition) is 5. The summed E-state index contributed by atoms with van der Waals surface area (Å²) in [5, 5.41) is 0. The van der Waals surface area contributed by atoms with E-state index in [1.54, 1.807) is 14.2 Å². The first-order chi connectivity index (χ1) is 8.28. The molecule has 0 unspecified atom stereocenters. The lowest BCUT2D eigenvalue weighted by Crippen LogP contribution is -2.49. The van der Waals surface area contributed by atoms with Crippen molar-refractivity contribution in [3.05, 3.63) is 12.7 Å². The van der Waals surface area contributed by atoms with E-state index in [4.69, 9.17) is 18.0 Å². The Bertz CT molecular complexity index is 268. The van der Waals surface area contributed by atoms with Crippen LogP contribution < -0.4 is 0 Å². The minimum Gasteiger partial charge on any atom is -0.463 e. The molecular formula is C12H24O5Si.